The number of esters is 2. The Morgan fingerprint density at radius 3 is 1.19 bits per heavy atom. The molecule has 0 rings (SSSR count). The molecule has 0 saturated carbocycles. The van der Waals surface area contributed by atoms with Gasteiger partial charge >= 0.3 is 19.8 Å². The molecule has 10 nitrogen and oxygen atoms in total. The minimum atomic E-state index is -4.61. The van der Waals surface area contributed by atoms with Crippen LogP contribution in [0.4, 0.5) is 0 Å². The standard InChI is InChI=1S/C41H81O10P/c1-3-5-7-9-11-13-15-17-18-19-20-21-23-24-26-28-30-32-40(44)48-36-39(37-50-52(46,47)49-35-38(43)34-42)51-41(45)33-31-29-27-25-22-16-14-12-10-8-6-4-2/h38-39,42-43H,3-37H2,1-2H3,(H,46,47)/t38-,39+/m1/s1. The summed E-state index contributed by atoms with van der Waals surface area (Å²) in [6.45, 7) is 2.41. The zero-order valence-electron chi connectivity index (χ0n) is 33.6. The van der Waals surface area contributed by atoms with Gasteiger partial charge in [0.25, 0.3) is 0 Å². The highest BCUT2D eigenvalue weighted by Gasteiger charge is 2.27. The molecule has 0 saturated heterocycles. The number of aliphatic hydroxyl groups excluding tert-OH is 2. The topological polar surface area (TPSA) is 149 Å². The van der Waals surface area contributed by atoms with Gasteiger partial charge in [-0.15, -0.1) is 0 Å². The number of rotatable bonds is 41. The molecule has 0 bridgehead atoms. The number of unbranched alkanes of at least 4 members (excludes halogenated alkanes) is 27. The average Bonchev–Trinajstić information content (AvgIpc) is 3.13. The highest BCUT2D eigenvalue weighted by Crippen LogP contribution is 2.43. The molecule has 1 unspecified atom stereocenters. The maximum absolute atomic E-state index is 12.6. The molecular weight excluding hydrogens is 683 g/mol. The molecule has 310 valence electrons. The van der Waals surface area contributed by atoms with E-state index in [1.54, 1.807) is 0 Å². The van der Waals surface area contributed by atoms with Gasteiger partial charge in [0.05, 0.1) is 19.8 Å². The quantitative estimate of drug-likeness (QED) is 0.0312. The van der Waals surface area contributed by atoms with Crippen LogP contribution >= 0.6 is 7.82 Å². The predicted octanol–water partition coefficient (Wildman–Crippen LogP) is 11.1. The molecule has 3 atom stereocenters. The van der Waals surface area contributed by atoms with Crippen molar-refractivity contribution in [2.24, 2.45) is 0 Å². The van der Waals surface area contributed by atoms with E-state index in [2.05, 4.69) is 18.4 Å². The Morgan fingerprint density at radius 2 is 0.827 bits per heavy atom. The summed E-state index contributed by atoms with van der Waals surface area (Å²) < 4.78 is 32.7. The lowest BCUT2D eigenvalue weighted by Crippen LogP contribution is -2.29. The van der Waals surface area contributed by atoms with Crippen LogP contribution in [-0.2, 0) is 32.7 Å². The fourth-order valence-electron chi connectivity index (χ4n) is 6.17. The van der Waals surface area contributed by atoms with E-state index in [-0.39, 0.29) is 19.4 Å². The van der Waals surface area contributed by atoms with Crippen molar-refractivity contribution in [3.8, 4) is 0 Å². The summed E-state index contributed by atoms with van der Waals surface area (Å²) in [7, 11) is -4.61. The maximum atomic E-state index is 12.6. The van der Waals surface area contributed by atoms with Crippen LogP contribution in [0.3, 0.4) is 0 Å². The van der Waals surface area contributed by atoms with E-state index in [4.69, 9.17) is 19.1 Å². The van der Waals surface area contributed by atoms with Crippen molar-refractivity contribution in [2.45, 2.75) is 225 Å². The zero-order chi connectivity index (χ0) is 38.4. The van der Waals surface area contributed by atoms with Gasteiger partial charge in [-0.3, -0.25) is 18.6 Å². The Kier molecular flexibility index (Phi) is 37.5. The fraction of sp³-hybridized carbons (Fsp3) is 0.951. The smallest absolute Gasteiger partial charge is 0.462 e. The van der Waals surface area contributed by atoms with Gasteiger partial charge in [-0.1, -0.05) is 187 Å². The Labute approximate surface area is 318 Å². The molecule has 0 aliphatic carbocycles. The van der Waals surface area contributed by atoms with Gasteiger partial charge in [0, 0.05) is 12.8 Å². The number of ether oxygens (including phenoxy) is 2. The Bertz CT molecular complexity index is 842. The summed E-state index contributed by atoms with van der Waals surface area (Å²) in [5.41, 5.74) is 0. The molecule has 0 aliphatic rings. The first-order chi connectivity index (χ1) is 25.2. The van der Waals surface area contributed by atoms with Crippen LogP contribution in [0.2, 0.25) is 0 Å². The highest BCUT2D eigenvalue weighted by molar-refractivity contribution is 7.47. The van der Waals surface area contributed by atoms with Crippen LogP contribution in [0.1, 0.15) is 213 Å². The Morgan fingerprint density at radius 1 is 0.500 bits per heavy atom. The lowest BCUT2D eigenvalue weighted by atomic mass is 10.0. The summed E-state index contributed by atoms with van der Waals surface area (Å²) in [6.07, 6.45) is 33.5. The van der Waals surface area contributed by atoms with Gasteiger partial charge in [-0.2, -0.15) is 0 Å². The predicted molar refractivity (Wildman–Crippen MR) is 210 cm³/mol. The van der Waals surface area contributed by atoms with E-state index in [0.717, 1.165) is 32.1 Å². The van der Waals surface area contributed by atoms with Crippen molar-refractivity contribution in [3.63, 3.8) is 0 Å². The molecule has 0 fully saturated rings. The first-order valence-electron chi connectivity index (χ1n) is 21.5. The zero-order valence-corrected chi connectivity index (χ0v) is 34.4. The Balaban J connectivity index is 4.22. The molecule has 52 heavy (non-hydrogen) atoms. The second-order valence-electron chi connectivity index (χ2n) is 14.7. The van der Waals surface area contributed by atoms with Crippen LogP contribution in [0.15, 0.2) is 0 Å². The van der Waals surface area contributed by atoms with E-state index in [1.165, 1.54) is 141 Å². The van der Waals surface area contributed by atoms with Crippen LogP contribution in [-0.4, -0.2) is 65.7 Å². The normalized spacial score (nSPS) is 13.9. The molecule has 0 amide bonds. The second kappa shape index (κ2) is 38.3. The number of carbonyl (C=O) groups is 2. The van der Waals surface area contributed by atoms with Crippen molar-refractivity contribution in [2.75, 3.05) is 26.4 Å². The van der Waals surface area contributed by atoms with Crippen LogP contribution in [0, 0.1) is 0 Å². The highest BCUT2D eigenvalue weighted by atomic mass is 31.2. The van der Waals surface area contributed by atoms with E-state index in [1.807, 2.05) is 0 Å². The molecule has 0 spiro atoms. The Hall–Kier alpha value is -1.03. The minimum Gasteiger partial charge on any atom is -0.462 e. The van der Waals surface area contributed by atoms with Crippen molar-refractivity contribution in [1.82, 2.24) is 0 Å². The molecule has 0 aliphatic heterocycles. The van der Waals surface area contributed by atoms with Gasteiger partial charge < -0.3 is 24.6 Å². The van der Waals surface area contributed by atoms with Crippen molar-refractivity contribution < 1.29 is 47.8 Å². The van der Waals surface area contributed by atoms with Gasteiger partial charge in [0.1, 0.15) is 12.7 Å². The number of hydrogen-bond acceptors (Lipinski definition) is 9. The van der Waals surface area contributed by atoms with E-state index >= 15 is 0 Å². The first-order valence-corrected chi connectivity index (χ1v) is 23.0. The number of phosphoric acid groups is 1. The summed E-state index contributed by atoms with van der Waals surface area (Å²) in [5.74, 6) is -0.910. The van der Waals surface area contributed by atoms with Crippen molar-refractivity contribution in [3.05, 3.63) is 0 Å². The third-order valence-corrected chi connectivity index (χ3v) is 10.5. The third-order valence-electron chi connectivity index (χ3n) is 9.51. The molecule has 3 N–H and O–H groups in total. The summed E-state index contributed by atoms with van der Waals surface area (Å²) >= 11 is 0. The molecular formula is C41H81O10P. The minimum absolute atomic E-state index is 0.192. The molecule has 0 aromatic heterocycles. The van der Waals surface area contributed by atoms with Gasteiger partial charge in [0.2, 0.25) is 0 Å². The first kappa shape index (κ1) is 51.0. The maximum Gasteiger partial charge on any atom is 0.472 e. The average molecular weight is 765 g/mol. The van der Waals surface area contributed by atoms with Gasteiger partial charge in [-0.05, 0) is 12.8 Å². The monoisotopic (exact) mass is 765 g/mol. The van der Waals surface area contributed by atoms with Crippen molar-refractivity contribution in [1.29, 1.82) is 0 Å². The number of aliphatic hydroxyl groups is 2. The third kappa shape index (κ3) is 37.3. The lowest BCUT2D eigenvalue weighted by Gasteiger charge is -2.20. The van der Waals surface area contributed by atoms with E-state index < -0.39 is 51.8 Å². The van der Waals surface area contributed by atoms with Gasteiger partial charge in [-0.25, -0.2) is 4.57 Å². The van der Waals surface area contributed by atoms with Crippen LogP contribution in [0.25, 0.3) is 0 Å². The molecule has 0 aromatic rings. The molecule has 0 aromatic carbocycles. The molecule has 11 heteroatoms. The molecule has 0 radical (unpaired) electrons. The van der Waals surface area contributed by atoms with Crippen molar-refractivity contribution >= 4 is 19.8 Å². The number of phosphoric ester groups is 1. The SMILES string of the molecule is CCCCCCCCCCCCCCCCCCCC(=O)OC[C@@H](COP(=O)(O)OC[C@H](O)CO)OC(=O)CCCCCCCCCCCCCC. The molecule has 0 heterocycles. The summed E-state index contributed by atoms with van der Waals surface area (Å²) in [4.78, 5) is 34.9. The van der Waals surface area contributed by atoms with E-state index in [0.29, 0.717) is 12.8 Å². The van der Waals surface area contributed by atoms with Crippen LogP contribution < -0.4 is 0 Å². The summed E-state index contributed by atoms with van der Waals surface area (Å²) in [6, 6.07) is 0. The number of carbonyl (C=O) groups excluding carboxylic acids is 2. The second-order valence-corrected chi connectivity index (χ2v) is 16.2. The van der Waals surface area contributed by atoms with E-state index in [9.17, 15) is 24.2 Å². The fourth-order valence-corrected chi connectivity index (χ4v) is 6.96. The lowest BCUT2D eigenvalue weighted by molar-refractivity contribution is -0.161. The largest absolute Gasteiger partial charge is 0.472 e. The van der Waals surface area contributed by atoms with Crippen LogP contribution in [0.5, 0.6) is 0 Å². The van der Waals surface area contributed by atoms with Gasteiger partial charge in [0.15, 0.2) is 6.10 Å². The number of hydrogen-bond donors (Lipinski definition) is 3. The summed E-state index contributed by atoms with van der Waals surface area (Å²) in [5, 5.41) is 18.3.